The number of carboxylic acids is 1. The van der Waals surface area contributed by atoms with Gasteiger partial charge in [-0.05, 0) is 31.6 Å². The van der Waals surface area contributed by atoms with Gasteiger partial charge in [0.05, 0.1) is 12.0 Å². The molecule has 22 heavy (non-hydrogen) atoms. The van der Waals surface area contributed by atoms with Crippen LogP contribution in [0.25, 0.3) is 0 Å². The monoisotopic (exact) mass is 309 g/mol. The van der Waals surface area contributed by atoms with Gasteiger partial charge in [-0.25, -0.2) is 0 Å². The van der Waals surface area contributed by atoms with Crippen LogP contribution in [-0.2, 0) is 14.3 Å². The van der Waals surface area contributed by atoms with Crippen molar-refractivity contribution in [3.05, 3.63) is 0 Å². The van der Waals surface area contributed by atoms with Crippen LogP contribution in [0.3, 0.4) is 0 Å². The van der Waals surface area contributed by atoms with Gasteiger partial charge in [-0.3, -0.25) is 9.59 Å². The second-order valence-electron chi connectivity index (χ2n) is 7.90. The van der Waals surface area contributed by atoms with Crippen molar-refractivity contribution < 1.29 is 19.4 Å². The van der Waals surface area contributed by atoms with E-state index in [0.29, 0.717) is 38.6 Å². The zero-order chi connectivity index (χ0) is 16.0. The van der Waals surface area contributed by atoms with Crippen molar-refractivity contribution in [3.63, 3.8) is 0 Å². The van der Waals surface area contributed by atoms with Crippen molar-refractivity contribution in [1.29, 1.82) is 0 Å². The van der Waals surface area contributed by atoms with E-state index in [9.17, 15) is 14.7 Å². The van der Waals surface area contributed by atoms with Crippen molar-refractivity contribution in [2.24, 2.45) is 22.7 Å². The highest BCUT2D eigenvalue weighted by molar-refractivity contribution is 5.86. The first-order valence-corrected chi connectivity index (χ1v) is 8.50. The summed E-state index contributed by atoms with van der Waals surface area (Å²) < 4.78 is 5.48. The smallest absolute Gasteiger partial charge is 0.311 e. The fourth-order valence-electron chi connectivity index (χ4n) is 4.68. The average Bonchev–Trinajstić information content (AvgIpc) is 2.82. The fraction of sp³-hybridized carbons (Fsp3) is 0.882. The van der Waals surface area contributed by atoms with E-state index in [-0.39, 0.29) is 17.2 Å². The summed E-state index contributed by atoms with van der Waals surface area (Å²) in [6.07, 6.45) is 4.48. The van der Waals surface area contributed by atoms with Gasteiger partial charge in [0.2, 0.25) is 5.91 Å². The number of fused-ring (bicyclic) bond motifs is 1. The summed E-state index contributed by atoms with van der Waals surface area (Å²) in [5.41, 5.74) is -1.00. The molecule has 1 N–H and O–H groups in total. The van der Waals surface area contributed by atoms with Crippen LogP contribution in [0, 0.1) is 22.7 Å². The number of rotatable bonds is 4. The summed E-state index contributed by atoms with van der Waals surface area (Å²) in [5.74, 6) is -0.130. The first-order valence-electron chi connectivity index (χ1n) is 8.50. The minimum Gasteiger partial charge on any atom is -0.481 e. The highest BCUT2D eigenvalue weighted by Crippen LogP contribution is 2.50. The van der Waals surface area contributed by atoms with Crippen LogP contribution in [0.4, 0.5) is 0 Å². The van der Waals surface area contributed by atoms with Gasteiger partial charge >= 0.3 is 5.97 Å². The number of carbonyl (C=O) groups is 2. The van der Waals surface area contributed by atoms with Crippen LogP contribution in [0.15, 0.2) is 0 Å². The molecule has 0 spiro atoms. The largest absolute Gasteiger partial charge is 0.481 e. The Balaban J connectivity index is 1.78. The Labute approximate surface area is 132 Å². The Bertz CT molecular complexity index is 471. The molecule has 2 heterocycles. The molecule has 2 atom stereocenters. The van der Waals surface area contributed by atoms with E-state index in [1.165, 1.54) is 0 Å². The van der Waals surface area contributed by atoms with Gasteiger partial charge in [-0.2, -0.15) is 0 Å². The van der Waals surface area contributed by atoms with Gasteiger partial charge < -0.3 is 14.7 Å². The van der Waals surface area contributed by atoms with Crippen molar-refractivity contribution in [2.45, 2.75) is 46.0 Å². The van der Waals surface area contributed by atoms with Crippen LogP contribution in [-0.4, -0.2) is 48.2 Å². The molecule has 0 unspecified atom stereocenters. The lowest BCUT2D eigenvalue weighted by atomic mass is 9.63. The zero-order valence-corrected chi connectivity index (χ0v) is 13.6. The number of carbonyl (C=O) groups excluding carboxylic acids is 1. The molecule has 2 aliphatic heterocycles. The predicted molar refractivity (Wildman–Crippen MR) is 81.3 cm³/mol. The maximum absolute atomic E-state index is 13.1. The fourth-order valence-corrected chi connectivity index (χ4v) is 4.68. The molecule has 5 heteroatoms. The molecule has 3 fully saturated rings. The number of hydrogen-bond donors (Lipinski definition) is 1. The molecule has 124 valence electrons. The molecule has 0 aromatic rings. The second kappa shape index (κ2) is 5.52. The summed E-state index contributed by atoms with van der Waals surface area (Å²) in [6, 6.07) is 0. The number of amides is 1. The van der Waals surface area contributed by atoms with Crippen LogP contribution < -0.4 is 0 Å². The average molecular weight is 309 g/mol. The highest BCUT2D eigenvalue weighted by Gasteiger charge is 2.57. The molecular formula is C17H27NO4. The molecule has 5 nitrogen and oxygen atoms in total. The van der Waals surface area contributed by atoms with Gasteiger partial charge in [0.25, 0.3) is 0 Å². The van der Waals surface area contributed by atoms with Crippen LogP contribution in [0.5, 0.6) is 0 Å². The minimum absolute atomic E-state index is 0.0566. The molecule has 0 aromatic carbocycles. The lowest BCUT2D eigenvalue weighted by Gasteiger charge is -2.44. The molecule has 1 saturated carbocycles. The first-order chi connectivity index (χ1) is 10.4. The van der Waals surface area contributed by atoms with E-state index in [1.54, 1.807) is 0 Å². The maximum Gasteiger partial charge on any atom is 0.311 e. The summed E-state index contributed by atoms with van der Waals surface area (Å²) in [5, 5.41) is 9.72. The molecule has 3 rings (SSSR count). The van der Waals surface area contributed by atoms with Crippen LogP contribution in [0.2, 0.25) is 0 Å². The Morgan fingerprint density at radius 2 is 2.05 bits per heavy atom. The molecule has 1 aliphatic carbocycles. The van der Waals surface area contributed by atoms with Crippen molar-refractivity contribution in [3.8, 4) is 0 Å². The van der Waals surface area contributed by atoms with E-state index in [0.717, 1.165) is 25.7 Å². The normalized spacial score (nSPS) is 33.4. The Hall–Kier alpha value is -1.10. The number of ether oxygens (including phenoxy) is 1. The maximum atomic E-state index is 13.1. The van der Waals surface area contributed by atoms with Crippen molar-refractivity contribution in [1.82, 2.24) is 4.90 Å². The summed E-state index contributed by atoms with van der Waals surface area (Å²) >= 11 is 0. The molecular weight excluding hydrogens is 282 g/mol. The first kappa shape index (κ1) is 15.8. The lowest BCUT2D eigenvalue weighted by Crippen LogP contribution is -2.49. The van der Waals surface area contributed by atoms with Crippen LogP contribution in [0.1, 0.15) is 46.0 Å². The van der Waals surface area contributed by atoms with Gasteiger partial charge in [-0.1, -0.05) is 20.3 Å². The van der Waals surface area contributed by atoms with E-state index < -0.39 is 11.4 Å². The molecule has 0 aromatic heterocycles. The lowest BCUT2D eigenvalue weighted by molar-refractivity contribution is -0.158. The Morgan fingerprint density at radius 3 is 2.55 bits per heavy atom. The van der Waals surface area contributed by atoms with E-state index >= 15 is 0 Å². The van der Waals surface area contributed by atoms with Crippen molar-refractivity contribution >= 4 is 11.9 Å². The van der Waals surface area contributed by atoms with Gasteiger partial charge in [0.1, 0.15) is 0 Å². The number of likely N-dealkylation sites (tertiary alicyclic amines) is 1. The quantitative estimate of drug-likeness (QED) is 0.864. The third-order valence-electron chi connectivity index (χ3n) is 5.98. The Kier molecular flexibility index (Phi) is 3.96. The third kappa shape index (κ3) is 2.34. The molecule has 1 amide bonds. The van der Waals surface area contributed by atoms with E-state index in [1.807, 2.05) is 4.90 Å². The van der Waals surface area contributed by atoms with Gasteiger partial charge in [-0.15, -0.1) is 0 Å². The van der Waals surface area contributed by atoms with E-state index in [4.69, 9.17) is 4.74 Å². The topological polar surface area (TPSA) is 66.8 Å². The SMILES string of the molecule is CC(C)CC1(C(=O)N2C[C@H]3COCC[C@@]3(C(=O)O)C2)CCC1. The molecule has 2 saturated heterocycles. The third-order valence-corrected chi connectivity index (χ3v) is 5.98. The van der Waals surface area contributed by atoms with Crippen molar-refractivity contribution in [2.75, 3.05) is 26.3 Å². The molecule has 0 bridgehead atoms. The molecule has 3 aliphatic rings. The second-order valence-corrected chi connectivity index (χ2v) is 7.90. The minimum atomic E-state index is -0.781. The summed E-state index contributed by atoms with van der Waals surface area (Å²) in [4.78, 5) is 26.8. The number of hydrogen-bond acceptors (Lipinski definition) is 3. The van der Waals surface area contributed by atoms with Gasteiger partial charge in [0.15, 0.2) is 0 Å². The predicted octanol–water partition coefficient (Wildman–Crippen LogP) is 2.15. The Morgan fingerprint density at radius 1 is 1.32 bits per heavy atom. The molecule has 0 radical (unpaired) electrons. The number of carboxylic acid groups (broad SMARTS) is 1. The summed E-state index contributed by atoms with van der Waals surface area (Å²) in [6.45, 7) is 6.18. The standard InChI is InChI=1S/C17H27NO4/c1-12(2)8-16(4-3-5-16)14(19)18-9-13-10-22-7-6-17(13,11-18)15(20)21/h12-13H,3-11H2,1-2H3,(H,20,21)/t13-,17+/m0/s1. The zero-order valence-electron chi connectivity index (χ0n) is 13.6. The van der Waals surface area contributed by atoms with E-state index in [2.05, 4.69) is 13.8 Å². The van der Waals surface area contributed by atoms with Gasteiger partial charge in [0, 0.05) is 31.0 Å². The van der Waals surface area contributed by atoms with Crippen LogP contribution >= 0.6 is 0 Å². The summed E-state index contributed by atoms with van der Waals surface area (Å²) in [7, 11) is 0. The highest BCUT2D eigenvalue weighted by atomic mass is 16.5. The number of aliphatic carboxylic acids is 1. The number of nitrogens with zero attached hydrogens (tertiary/aromatic N) is 1.